The monoisotopic (exact) mass is 619 g/mol. The van der Waals surface area contributed by atoms with Crippen molar-refractivity contribution >= 4 is 50.5 Å². The summed E-state index contributed by atoms with van der Waals surface area (Å²) in [4.78, 5) is 42.6. The number of halogens is 3. The van der Waals surface area contributed by atoms with Gasteiger partial charge < -0.3 is 19.9 Å². The molecule has 0 aromatic carbocycles. The van der Waals surface area contributed by atoms with Crippen LogP contribution in [0.4, 0.5) is 31.0 Å². The molecule has 1 N–H and O–H groups in total. The lowest BCUT2D eigenvalue weighted by atomic mass is 10.1. The Morgan fingerprint density at radius 3 is 2.48 bits per heavy atom. The van der Waals surface area contributed by atoms with Gasteiger partial charge in [0.05, 0.1) is 16.4 Å². The molecule has 5 rings (SSSR count). The third-order valence-electron chi connectivity index (χ3n) is 7.21. The SMILES string of the molecule is Cc1c(Br)c(=O)n(C2CCCC2(F)F)c2nc(Nc3ccc(N4CCN(C(=O)OC(C)(C)C)CC4)cn3)ncc12. The van der Waals surface area contributed by atoms with Crippen LogP contribution in [0.15, 0.2) is 33.8 Å². The van der Waals surface area contributed by atoms with Gasteiger partial charge in [-0.25, -0.2) is 23.5 Å². The second-order valence-electron chi connectivity index (χ2n) is 11.2. The van der Waals surface area contributed by atoms with E-state index >= 15 is 0 Å². The molecule has 214 valence electrons. The highest BCUT2D eigenvalue weighted by Gasteiger charge is 2.46. The number of piperazine rings is 1. The Kier molecular flexibility index (Phi) is 7.45. The second kappa shape index (κ2) is 10.6. The summed E-state index contributed by atoms with van der Waals surface area (Å²) in [6, 6.07) is 2.40. The number of carbonyl (C=O) groups excluding carboxylic acids is 1. The number of hydrogen-bond acceptors (Lipinski definition) is 8. The average Bonchev–Trinajstić information content (AvgIpc) is 3.25. The first-order chi connectivity index (χ1) is 18.8. The van der Waals surface area contributed by atoms with E-state index in [1.807, 2.05) is 26.8 Å². The van der Waals surface area contributed by atoms with E-state index in [0.29, 0.717) is 49.4 Å². The number of hydrogen-bond donors (Lipinski definition) is 1. The zero-order valence-electron chi connectivity index (χ0n) is 22.9. The van der Waals surface area contributed by atoms with Crippen molar-refractivity contribution in [3.63, 3.8) is 0 Å². The Balaban J connectivity index is 1.33. The number of nitrogens with zero attached hydrogens (tertiary/aromatic N) is 6. The number of anilines is 3. The maximum atomic E-state index is 14.7. The minimum absolute atomic E-state index is 0.148. The number of alkyl halides is 2. The Morgan fingerprint density at radius 2 is 1.88 bits per heavy atom. The summed E-state index contributed by atoms with van der Waals surface area (Å²) >= 11 is 3.28. The highest BCUT2D eigenvalue weighted by Crippen LogP contribution is 2.44. The largest absolute Gasteiger partial charge is 0.444 e. The normalized spacial score (nSPS) is 19.2. The van der Waals surface area contributed by atoms with Gasteiger partial charge in [-0.05, 0) is 74.2 Å². The highest BCUT2D eigenvalue weighted by atomic mass is 79.9. The molecule has 2 aliphatic rings. The van der Waals surface area contributed by atoms with E-state index < -0.39 is 23.1 Å². The molecule has 1 aliphatic carbocycles. The van der Waals surface area contributed by atoms with E-state index in [1.165, 1.54) is 6.20 Å². The summed E-state index contributed by atoms with van der Waals surface area (Å²) in [6.07, 6.45) is 3.19. The molecule has 1 atom stereocenters. The van der Waals surface area contributed by atoms with Crippen molar-refractivity contribution in [1.82, 2.24) is 24.4 Å². The lowest BCUT2D eigenvalue weighted by molar-refractivity contribution is -0.0305. The van der Waals surface area contributed by atoms with Gasteiger partial charge >= 0.3 is 6.09 Å². The highest BCUT2D eigenvalue weighted by molar-refractivity contribution is 9.10. The van der Waals surface area contributed by atoms with Gasteiger partial charge in [-0.1, -0.05) is 0 Å². The number of fused-ring (bicyclic) bond motifs is 1. The zero-order chi connectivity index (χ0) is 28.8. The zero-order valence-corrected chi connectivity index (χ0v) is 24.5. The summed E-state index contributed by atoms with van der Waals surface area (Å²) in [5, 5.41) is 3.55. The van der Waals surface area contributed by atoms with Crippen LogP contribution in [0.5, 0.6) is 0 Å². The van der Waals surface area contributed by atoms with E-state index in [-0.39, 0.29) is 35.0 Å². The number of carbonyl (C=O) groups is 1. The second-order valence-corrected chi connectivity index (χ2v) is 12.0. The molecule has 0 spiro atoms. The third-order valence-corrected chi connectivity index (χ3v) is 8.14. The predicted molar refractivity (Wildman–Crippen MR) is 152 cm³/mol. The predicted octanol–water partition coefficient (Wildman–Crippen LogP) is 5.42. The fourth-order valence-electron chi connectivity index (χ4n) is 5.11. The first-order valence-corrected chi connectivity index (χ1v) is 14.0. The maximum Gasteiger partial charge on any atom is 0.410 e. The van der Waals surface area contributed by atoms with Crippen LogP contribution < -0.4 is 15.8 Å². The minimum Gasteiger partial charge on any atom is -0.444 e. The van der Waals surface area contributed by atoms with Crippen LogP contribution in [0.2, 0.25) is 0 Å². The average molecular weight is 620 g/mol. The summed E-state index contributed by atoms with van der Waals surface area (Å²) in [6.45, 7) is 9.62. The van der Waals surface area contributed by atoms with Gasteiger partial charge in [-0.2, -0.15) is 4.98 Å². The van der Waals surface area contributed by atoms with Gasteiger partial charge in [-0.3, -0.25) is 9.36 Å². The molecule has 10 nitrogen and oxygen atoms in total. The van der Waals surface area contributed by atoms with Crippen LogP contribution in [0.3, 0.4) is 0 Å². The smallest absolute Gasteiger partial charge is 0.410 e. The molecule has 1 unspecified atom stereocenters. The van der Waals surface area contributed by atoms with Gasteiger partial charge in [0.15, 0.2) is 0 Å². The van der Waals surface area contributed by atoms with Crippen molar-refractivity contribution in [3.05, 3.63) is 44.9 Å². The molecule has 1 saturated carbocycles. The molecule has 1 aliphatic heterocycles. The number of amides is 1. The number of ether oxygens (including phenoxy) is 1. The van der Waals surface area contributed by atoms with Crippen LogP contribution in [0, 0.1) is 6.92 Å². The van der Waals surface area contributed by atoms with E-state index in [1.54, 1.807) is 24.1 Å². The van der Waals surface area contributed by atoms with Crippen molar-refractivity contribution in [2.75, 3.05) is 36.4 Å². The number of rotatable bonds is 4. The van der Waals surface area contributed by atoms with Crippen LogP contribution in [0.25, 0.3) is 11.0 Å². The molecule has 4 heterocycles. The quantitative estimate of drug-likeness (QED) is 0.413. The van der Waals surface area contributed by atoms with Crippen LogP contribution >= 0.6 is 15.9 Å². The van der Waals surface area contributed by atoms with E-state index in [9.17, 15) is 18.4 Å². The first kappa shape index (κ1) is 28.2. The summed E-state index contributed by atoms with van der Waals surface area (Å²) in [5.74, 6) is -2.39. The first-order valence-electron chi connectivity index (χ1n) is 13.3. The molecular formula is C27H32BrF2N7O3. The lowest BCUT2D eigenvalue weighted by Crippen LogP contribution is -2.50. The van der Waals surface area contributed by atoms with Gasteiger partial charge in [0.1, 0.15) is 23.1 Å². The van der Waals surface area contributed by atoms with Crippen LogP contribution in [0.1, 0.15) is 51.6 Å². The van der Waals surface area contributed by atoms with Gasteiger partial charge in [-0.15, -0.1) is 0 Å². The van der Waals surface area contributed by atoms with Gasteiger partial charge in [0.25, 0.3) is 11.5 Å². The lowest BCUT2D eigenvalue weighted by Gasteiger charge is -2.36. The van der Waals surface area contributed by atoms with Crippen molar-refractivity contribution in [3.8, 4) is 0 Å². The number of nitrogens with one attached hydrogen (secondary N) is 1. The van der Waals surface area contributed by atoms with E-state index in [2.05, 4.69) is 41.1 Å². The Bertz CT molecular complexity index is 1480. The molecule has 13 heteroatoms. The number of pyridine rings is 2. The van der Waals surface area contributed by atoms with E-state index in [0.717, 1.165) is 10.3 Å². The molecule has 3 aromatic heterocycles. The minimum atomic E-state index is -3.00. The standard InChI is InChI=1S/C27H32BrF2N7O3/c1-16-18-15-32-24(34-22(18)37(23(38)21(16)28)19-6-5-9-27(19,29)30)33-20-8-7-17(14-31-20)35-10-12-36(13-11-35)25(39)40-26(2,3)4/h7-8,14-15,19H,5-6,9-13H2,1-4H3,(H,31,32,33,34). The number of aryl methyl sites for hydroxylation is 1. The Morgan fingerprint density at radius 1 is 1.15 bits per heavy atom. The Labute approximate surface area is 238 Å². The topological polar surface area (TPSA) is 105 Å². The van der Waals surface area contributed by atoms with Gasteiger partial charge in [0, 0.05) is 44.2 Å². The molecule has 0 radical (unpaired) electrons. The van der Waals surface area contributed by atoms with Crippen molar-refractivity contribution in [2.24, 2.45) is 0 Å². The molecule has 1 amide bonds. The van der Waals surface area contributed by atoms with Crippen molar-refractivity contribution < 1.29 is 18.3 Å². The fraction of sp³-hybridized carbons (Fsp3) is 0.519. The fourth-order valence-corrected chi connectivity index (χ4v) is 5.52. The van der Waals surface area contributed by atoms with Gasteiger partial charge in [0.2, 0.25) is 5.95 Å². The molecule has 1 saturated heterocycles. The molecule has 3 aromatic rings. The molecule has 2 fully saturated rings. The molecular weight excluding hydrogens is 588 g/mol. The third kappa shape index (κ3) is 5.61. The number of aromatic nitrogens is 4. The van der Waals surface area contributed by atoms with Crippen LogP contribution in [-0.2, 0) is 4.74 Å². The maximum absolute atomic E-state index is 14.7. The van der Waals surface area contributed by atoms with E-state index in [4.69, 9.17) is 4.74 Å². The van der Waals surface area contributed by atoms with Crippen LogP contribution in [-0.4, -0.2) is 68.2 Å². The summed E-state index contributed by atoms with van der Waals surface area (Å²) in [7, 11) is 0. The van der Waals surface area contributed by atoms with Crippen molar-refractivity contribution in [1.29, 1.82) is 0 Å². The summed E-state index contributed by atoms with van der Waals surface area (Å²) in [5.41, 5.74) is 0.583. The molecule has 0 bridgehead atoms. The Hall–Kier alpha value is -3.35. The van der Waals surface area contributed by atoms with Crippen molar-refractivity contribution in [2.45, 2.75) is 64.5 Å². The summed E-state index contributed by atoms with van der Waals surface area (Å²) < 4.78 is 36.3. The molecule has 40 heavy (non-hydrogen) atoms.